The molecule has 3 heteroatoms. The maximum atomic E-state index is 13.3. The van der Waals surface area contributed by atoms with Gasteiger partial charge in [-0.2, -0.15) is 0 Å². The molecule has 1 heterocycles. The van der Waals surface area contributed by atoms with Crippen LogP contribution in [0.15, 0.2) is 47.4 Å². The number of halogens is 1. The van der Waals surface area contributed by atoms with E-state index in [1.807, 2.05) is 25.3 Å². The summed E-state index contributed by atoms with van der Waals surface area (Å²) in [7, 11) is 0. The maximum absolute atomic E-state index is 13.3. The zero-order chi connectivity index (χ0) is 14.8. The van der Waals surface area contributed by atoms with Gasteiger partial charge in [-0.1, -0.05) is 25.0 Å². The molecular weight excluding hydrogens is 265 g/mol. The summed E-state index contributed by atoms with van der Waals surface area (Å²) >= 11 is 0. The Morgan fingerprint density at radius 2 is 2.10 bits per heavy atom. The third-order valence-corrected chi connectivity index (χ3v) is 4.32. The Kier molecular flexibility index (Phi) is 3.91. The number of aromatic nitrogens is 1. The first kappa shape index (κ1) is 14.1. The summed E-state index contributed by atoms with van der Waals surface area (Å²) in [4.78, 5) is 12.2. The first-order chi connectivity index (χ1) is 10.1. The highest BCUT2D eigenvalue weighted by Crippen LogP contribution is 2.37. The molecule has 0 N–H and O–H groups in total. The van der Waals surface area contributed by atoms with Crippen molar-refractivity contribution in [1.29, 1.82) is 0 Å². The van der Waals surface area contributed by atoms with Gasteiger partial charge in [0.05, 0.1) is 6.04 Å². The fourth-order valence-corrected chi connectivity index (χ4v) is 2.95. The van der Waals surface area contributed by atoms with E-state index < -0.39 is 0 Å². The molecule has 1 aromatic heterocycles. The molecule has 0 bridgehead atoms. The predicted octanol–water partition coefficient (Wildman–Crippen LogP) is 4.08. The van der Waals surface area contributed by atoms with Crippen LogP contribution in [0.3, 0.4) is 0 Å². The van der Waals surface area contributed by atoms with Gasteiger partial charge in [0.25, 0.3) is 5.56 Å². The Morgan fingerprint density at radius 3 is 2.76 bits per heavy atom. The number of pyridine rings is 1. The summed E-state index contributed by atoms with van der Waals surface area (Å²) in [5.41, 5.74) is 1.96. The monoisotopic (exact) mass is 285 g/mol. The van der Waals surface area contributed by atoms with Crippen LogP contribution in [0, 0.1) is 18.7 Å². The van der Waals surface area contributed by atoms with Crippen LogP contribution in [-0.4, -0.2) is 4.57 Å². The topological polar surface area (TPSA) is 22.0 Å². The Bertz CT molecular complexity index is 688. The van der Waals surface area contributed by atoms with E-state index >= 15 is 0 Å². The van der Waals surface area contributed by atoms with Crippen molar-refractivity contribution in [1.82, 2.24) is 4.57 Å². The molecule has 0 saturated heterocycles. The lowest BCUT2D eigenvalue weighted by molar-refractivity contribution is 0.485. The lowest BCUT2D eigenvalue weighted by atomic mass is 9.96. The van der Waals surface area contributed by atoms with Crippen LogP contribution in [0.5, 0.6) is 0 Å². The van der Waals surface area contributed by atoms with Crippen molar-refractivity contribution in [3.8, 4) is 0 Å². The highest BCUT2D eigenvalue weighted by Gasteiger charge is 2.24. The van der Waals surface area contributed by atoms with Crippen molar-refractivity contribution >= 4 is 0 Å². The number of nitrogens with zero attached hydrogens (tertiary/aromatic N) is 1. The summed E-state index contributed by atoms with van der Waals surface area (Å²) in [6, 6.07) is 10.1. The van der Waals surface area contributed by atoms with Gasteiger partial charge in [0.1, 0.15) is 5.82 Å². The molecule has 1 saturated carbocycles. The zero-order valence-electron chi connectivity index (χ0n) is 12.3. The van der Waals surface area contributed by atoms with Gasteiger partial charge in [-0.05, 0) is 55.0 Å². The van der Waals surface area contributed by atoms with E-state index in [2.05, 4.69) is 0 Å². The Labute approximate surface area is 124 Å². The average molecular weight is 285 g/mol. The highest BCUT2D eigenvalue weighted by molar-refractivity contribution is 5.30. The highest BCUT2D eigenvalue weighted by atomic mass is 19.1. The largest absolute Gasteiger partial charge is 0.308 e. The van der Waals surface area contributed by atoms with Crippen molar-refractivity contribution in [2.75, 3.05) is 0 Å². The smallest absolute Gasteiger partial charge is 0.251 e. The van der Waals surface area contributed by atoms with Crippen molar-refractivity contribution in [3.05, 3.63) is 69.9 Å². The SMILES string of the molecule is Cc1cc(F)ccc1C(CCC1CC1)n1ccccc1=O. The van der Waals surface area contributed by atoms with E-state index in [1.165, 1.54) is 18.9 Å². The number of hydrogen-bond acceptors (Lipinski definition) is 1. The minimum atomic E-state index is -0.224. The second kappa shape index (κ2) is 5.84. The average Bonchev–Trinajstić information content (AvgIpc) is 3.26. The van der Waals surface area contributed by atoms with Crippen molar-refractivity contribution in [3.63, 3.8) is 0 Å². The number of benzene rings is 1. The van der Waals surface area contributed by atoms with Gasteiger partial charge < -0.3 is 4.57 Å². The fraction of sp³-hybridized carbons (Fsp3) is 0.389. The first-order valence-electron chi connectivity index (χ1n) is 7.58. The van der Waals surface area contributed by atoms with Crippen LogP contribution >= 0.6 is 0 Å². The molecule has 2 aromatic rings. The van der Waals surface area contributed by atoms with E-state index in [-0.39, 0.29) is 17.4 Å². The van der Waals surface area contributed by atoms with E-state index in [4.69, 9.17) is 0 Å². The second-order valence-electron chi connectivity index (χ2n) is 5.98. The molecule has 0 spiro atoms. The number of rotatable bonds is 5. The van der Waals surface area contributed by atoms with Crippen molar-refractivity contribution in [2.24, 2.45) is 5.92 Å². The van der Waals surface area contributed by atoms with E-state index in [1.54, 1.807) is 22.8 Å². The van der Waals surface area contributed by atoms with E-state index in [0.717, 1.165) is 29.9 Å². The zero-order valence-corrected chi connectivity index (χ0v) is 12.3. The van der Waals surface area contributed by atoms with Gasteiger partial charge in [0.2, 0.25) is 0 Å². The predicted molar refractivity (Wildman–Crippen MR) is 81.9 cm³/mol. The molecule has 1 aliphatic carbocycles. The first-order valence-corrected chi connectivity index (χ1v) is 7.58. The van der Waals surface area contributed by atoms with Crippen LogP contribution in [0.25, 0.3) is 0 Å². The van der Waals surface area contributed by atoms with Gasteiger partial charge >= 0.3 is 0 Å². The van der Waals surface area contributed by atoms with Gasteiger partial charge in [0, 0.05) is 12.3 Å². The van der Waals surface area contributed by atoms with Crippen molar-refractivity contribution in [2.45, 2.75) is 38.6 Å². The molecule has 1 atom stereocenters. The second-order valence-corrected chi connectivity index (χ2v) is 5.98. The molecule has 3 rings (SSSR count). The minimum Gasteiger partial charge on any atom is -0.308 e. The summed E-state index contributed by atoms with van der Waals surface area (Å²) in [5.74, 6) is 0.588. The molecule has 0 amide bonds. The van der Waals surface area contributed by atoms with Crippen LogP contribution in [0.1, 0.15) is 42.9 Å². The van der Waals surface area contributed by atoms with Crippen LogP contribution in [0.4, 0.5) is 4.39 Å². The Hall–Kier alpha value is -1.90. The third kappa shape index (κ3) is 3.23. The Morgan fingerprint density at radius 1 is 1.29 bits per heavy atom. The number of hydrogen-bond donors (Lipinski definition) is 0. The molecular formula is C18H20FNO. The lowest BCUT2D eigenvalue weighted by Gasteiger charge is -2.22. The molecule has 110 valence electrons. The lowest BCUT2D eigenvalue weighted by Crippen LogP contribution is -2.24. The molecule has 1 fully saturated rings. The summed E-state index contributed by atoms with van der Waals surface area (Å²) in [6.45, 7) is 1.91. The molecule has 1 aromatic carbocycles. The molecule has 21 heavy (non-hydrogen) atoms. The molecule has 1 aliphatic rings. The quantitative estimate of drug-likeness (QED) is 0.811. The Balaban J connectivity index is 1.98. The van der Waals surface area contributed by atoms with Crippen LogP contribution in [-0.2, 0) is 0 Å². The standard InChI is InChI=1S/C18H20FNO/c1-13-12-15(19)8-9-16(13)17(10-7-14-5-6-14)20-11-3-2-4-18(20)21/h2-4,8-9,11-12,14,17H,5-7,10H2,1H3. The van der Waals surface area contributed by atoms with Crippen molar-refractivity contribution < 1.29 is 4.39 Å². The minimum absolute atomic E-state index is 0.0000926. The van der Waals surface area contributed by atoms with Gasteiger partial charge in [-0.25, -0.2) is 4.39 Å². The van der Waals surface area contributed by atoms with E-state index in [0.29, 0.717) is 0 Å². The summed E-state index contributed by atoms with van der Waals surface area (Å²) < 4.78 is 15.1. The molecule has 1 unspecified atom stereocenters. The van der Waals surface area contributed by atoms with Crippen LogP contribution < -0.4 is 5.56 Å². The summed E-state index contributed by atoms with van der Waals surface area (Å²) in [6.07, 6.45) is 6.50. The molecule has 0 aliphatic heterocycles. The fourth-order valence-electron chi connectivity index (χ4n) is 2.95. The maximum Gasteiger partial charge on any atom is 0.251 e. The summed E-state index contributed by atoms with van der Waals surface area (Å²) in [5, 5.41) is 0. The third-order valence-electron chi connectivity index (χ3n) is 4.32. The van der Waals surface area contributed by atoms with Gasteiger partial charge in [-0.3, -0.25) is 4.79 Å². The van der Waals surface area contributed by atoms with Gasteiger partial charge in [0.15, 0.2) is 0 Å². The normalized spacial score (nSPS) is 15.9. The molecule has 2 nitrogen and oxygen atoms in total. The molecule has 0 radical (unpaired) electrons. The van der Waals surface area contributed by atoms with Crippen LogP contribution in [0.2, 0.25) is 0 Å². The number of aryl methyl sites for hydroxylation is 1. The van der Waals surface area contributed by atoms with E-state index in [9.17, 15) is 9.18 Å². The van der Waals surface area contributed by atoms with Gasteiger partial charge in [-0.15, -0.1) is 0 Å².